The number of ether oxygens (including phenoxy) is 2. The van der Waals surface area contributed by atoms with E-state index in [0.717, 1.165) is 0 Å². The zero-order valence-corrected chi connectivity index (χ0v) is 21.7. The summed E-state index contributed by atoms with van der Waals surface area (Å²) < 4.78 is 51.7. The van der Waals surface area contributed by atoms with Gasteiger partial charge in [-0.1, -0.05) is 18.2 Å². The van der Waals surface area contributed by atoms with E-state index in [-0.39, 0.29) is 23.4 Å². The van der Waals surface area contributed by atoms with Crippen LogP contribution in [0.1, 0.15) is 20.1 Å². The Kier molecular flexibility index (Phi) is 8.43. The van der Waals surface area contributed by atoms with Crippen molar-refractivity contribution in [1.82, 2.24) is 24.6 Å². The van der Waals surface area contributed by atoms with Gasteiger partial charge in [0.15, 0.2) is 29.4 Å². The van der Waals surface area contributed by atoms with E-state index in [2.05, 4.69) is 25.4 Å². The Morgan fingerprint density at radius 2 is 2.05 bits per heavy atom. The molecule has 5 atom stereocenters. The summed E-state index contributed by atoms with van der Waals surface area (Å²) in [6.45, 7) is 2.31. The van der Waals surface area contributed by atoms with E-state index in [1.54, 1.807) is 39.1 Å². The number of aromatic nitrogens is 4. The summed E-state index contributed by atoms with van der Waals surface area (Å²) in [6, 6.07) is 8.11. The number of alkyl halides is 1. The predicted molar refractivity (Wildman–Crippen MR) is 134 cm³/mol. The van der Waals surface area contributed by atoms with Crippen LogP contribution in [0.3, 0.4) is 0 Å². The summed E-state index contributed by atoms with van der Waals surface area (Å²) in [6.07, 6.45) is -5.27. The third-order valence-electron chi connectivity index (χ3n) is 5.41. The lowest BCUT2D eigenvalue weighted by atomic mass is 10.1. The number of carbonyl (C=O) groups is 1. The average Bonchev–Trinajstić information content (AvgIpc) is 3.42. The van der Waals surface area contributed by atoms with Crippen molar-refractivity contribution in [3.05, 3.63) is 36.7 Å². The molecule has 14 nitrogen and oxygen atoms in total. The van der Waals surface area contributed by atoms with Crippen molar-refractivity contribution < 1.29 is 37.4 Å². The maximum atomic E-state index is 15.2. The third-order valence-corrected chi connectivity index (χ3v) is 6.89. The second-order valence-corrected chi connectivity index (χ2v) is 10.3. The van der Waals surface area contributed by atoms with Crippen molar-refractivity contribution in [1.29, 1.82) is 0 Å². The van der Waals surface area contributed by atoms with E-state index in [1.807, 2.05) is 0 Å². The molecule has 0 aliphatic carbocycles. The molecule has 5 N–H and O–H groups in total. The zero-order valence-electron chi connectivity index (χ0n) is 20.9. The number of esters is 1. The molecule has 1 aromatic carbocycles. The normalized spacial score (nSPS) is 22.9. The second kappa shape index (κ2) is 11.6. The van der Waals surface area contributed by atoms with Crippen LogP contribution >= 0.6 is 7.75 Å². The number of imidazole rings is 1. The predicted octanol–water partition coefficient (Wildman–Crippen LogP) is 1.79. The number of hydrogen-bond donors (Lipinski definition) is 4. The number of halogens is 1. The fourth-order valence-corrected chi connectivity index (χ4v) is 4.99. The molecule has 0 bridgehead atoms. The molecule has 2 aromatic heterocycles. The van der Waals surface area contributed by atoms with E-state index in [0.29, 0.717) is 11.3 Å². The highest BCUT2D eigenvalue weighted by molar-refractivity contribution is 7.52. The molecule has 38 heavy (non-hydrogen) atoms. The van der Waals surface area contributed by atoms with Gasteiger partial charge in [0.05, 0.1) is 19.0 Å². The molecule has 3 heterocycles. The minimum absolute atomic E-state index is 0.0708. The van der Waals surface area contributed by atoms with Crippen molar-refractivity contribution in [2.45, 2.75) is 44.6 Å². The minimum atomic E-state index is -4.20. The summed E-state index contributed by atoms with van der Waals surface area (Å²) in [5, 5.41) is 15.8. The van der Waals surface area contributed by atoms with Crippen LogP contribution in [0.15, 0.2) is 36.7 Å². The SMILES string of the molecule is CNc1nc(N)nc2c1ncn2[C@@H]1O[C@H](COP(=O)(NCC(=O)OC(C)C)Oc2ccccc2)[C@@H](O)[C@@H]1F. The lowest BCUT2D eigenvalue weighted by Gasteiger charge is -2.22. The summed E-state index contributed by atoms with van der Waals surface area (Å²) in [4.78, 5) is 24.3. The van der Waals surface area contributed by atoms with Gasteiger partial charge in [0.2, 0.25) is 5.95 Å². The standard InChI is InChI=1S/C22H29FN7O7P/c1-12(2)35-15(31)9-27-38(33,37-13-7-5-4-6-8-13)34-10-14-18(32)16(23)21(36-14)30-11-26-17-19(25-3)28-22(24)29-20(17)30/h4-8,11-12,14,16,18,21,32H,9-10H2,1-3H3,(H,27,33)(H3,24,25,28,29)/t14-,16+,18-,21-,38?/m1/s1. The van der Waals surface area contributed by atoms with E-state index in [4.69, 9.17) is 24.3 Å². The summed E-state index contributed by atoms with van der Waals surface area (Å²) >= 11 is 0. The van der Waals surface area contributed by atoms with Crippen molar-refractivity contribution in [3.8, 4) is 5.75 Å². The maximum absolute atomic E-state index is 15.2. The van der Waals surface area contributed by atoms with E-state index < -0.39 is 51.5 Å². The second-order valence-electron chi connectivity index (χ2n) is 8.58. The highest BCUT2D eigenvalue weighted by Gasteiger charge is 2.47. The van der Waals surface area contributed by atoms with Crippen molar-refractivity contribution in [2.75, 3.05) is 31.2 Å². The Hall–Kier alpha value is -3.36. The van der Waals surface area contributed by atoms with Crippen LogP contribution in [0.5, 0.6) is 5.75 Å². The Balaban J connectivity index is 1.50. The molecule has 206 valence electrons. The van der Waals surface area contributed by atoms with Gasteiger partial charge in [0.25, 0.3) is 0 Å². The number of nitrogen functional groups attached to an aromatic ring is 1. The van der Waals surface area contributed by atoms with Crippen molar-refractivity contribution in [2.24, 2.45) is 0 Å². The molecular weight excluding hydrogens is 524 g/mol. The van der Waals surface area contributed by atoms with Gasteiger partial charge < -0.3 is 30.2 Å². The molecule has 0 saturated carbocycles. The van der Waals surface area contributed by atoms with Crippen LogP contribution in [0.4, 0.5) is 16.2 Å². The van der Waals surface area contributed by atoms with Gasteiger partial charge in [-0.05, 0) is 26.0 Å². The van der Waals surface area contributed by atoms with Crippen molar-refractivity contribution in [3.63, 3.8) is 0 Å². The van der Waals surface area contributed by atoms with E-state index >= 15 is 4.39 Å². The van der Waals surface area contributed by atoms with Gasteiger partial charge in [-0.3, -0.25) is 13.9 Å². The zero-order chi connectivity index (χ0) is 27.4. The molecule has 0 radical (unpaired) electrons. The number of fused-ring (bicyclic) bond motifs is 1. The molecule has 1 aliphatic heterocycles. The van der Waals surface area contributed by atoms with Gasteiger partial charge in [-0.25, -0.2) is 19.0 Å². The minimum Gasteiger partial charge on any atom is -0.462 e. The molecule has 1 fully saturated rings. The fourth-order valence-electron chi connectivity index (χ4n) is 3.72. The molecule has 4 rings (SSSR count). The number of nitrogens with zero attached hydrogens (tertiary/aromatic N) is 4. The number of nitrogens with one attached hydrogen (secondary N) is 2. The van der Waals surface area contributed by atoms with Crippen LogP contribution in [-0.4, -0.2) is 75.3 Å². The molecule has 1 unspecified atom stereocenters. The molecule has 1 saturated heterocycles. The van der Waals surface area contributed by atoms with Crippen LogP contribution < -0.4 is 20.7 Å². The molecule has 3 aromatic rings. The van der Waals surface area contributed by atoms with Crippen LogP contribution in [-0.2, 0) is 23.4 Å². The number of hydrogen-bond acceptors (Lipinski definition) is 12. The van der Waals surface area contributed by atoms with Gasteiger partial charge in [-0.15, -0.1) is 0 Å². The summed E-state index contributed by atoms with van der Waals surface area (Å²) in [5.74, 6) is -0.229. The van der Waals surface area contributed by atoms with Gasteiger partial charge in [-0.2, -0.15) is 9.97 Å². The Labute approximate surface area is 217 Å². The van der Waals surface area contributed by atoms with E-state index in [1.165, 1.54) is 23.0 Å². The summed E-state index contributed by atoms with van der Waals surface area (Å²) in [7, 11) is -2.58. The lowest BCUT2D eigenvalue weighted by Crippen LogP contribution is -2.33. The average molecular weight is 553 g/mol. The molecule has 0 amide bonds. The number of carbonyl (C=O) groups excluding carboxylic acids is 1. The summed E-state index contributed by atoms with van der Waals surface area (Å²) in [5.41, 5.74) is 6.27. The number of para-hydroxylation sites is 1. The monoisotopic (exact) mass is 553 g/mol. The first-order valence-electron chi connectivity index (χ1n) is 11.7. The number of aliphatic hydroxyl groups excluding tert-OH is 1. The first-order chi connectivity index (χ1) is 18.1. The first-order valence-corrected chi connectivity index (χ1v) is 13.2. The third kappa shape index (κ3) is 6.19. The van der Waals surface area contributed by atoms with Gasteiger partial charge >= 0.3 is 13.7 Å². The number of anilines is 2. The molecule has 0 spiro atoms. The van der Waals surface area contributed by atoms with Crippen LogP contribution in [0.25, 0.3) is 11.2 Å². The highest BCUT2D eigenvalue weighted by atomic mass is 31.2. The highest BCUT2D eigenvalue weighted by Crippen LogP contribution is 2.45. The lowest BCUT2D eigenvalue weighted by molar-refractivity contribution is -0.146. The van der Waals surface area contributed by atoms with Gasteiger partial charge in [0.1, 0.15) is 24.5 Å². The number of nitrogens with two attached hydrogens (primary N) is 1. The number of benzene rings is 1. The Bertz CT molecular complexity index is 1310. The van der Waals surface area contributed by atoms with Crippen LogP contribution in [0, 0.1) is 0 Å². The van der Waals surface area contributed by atoms with E-state index in [9.17, 15) is 14.5 Å². The number of rotatable bonds is 11. The maximum Gasteiger partial charge on any atom is 0.459 e. The van der Waals surface area contributed by atoms with Crippen LogP contribution in [0.2, 0.25) is 0 Å². The Morgan fingerprint density at radius 1 is 1.32 bits per heavy atom. The Morgan fingerprint density at radius 3 is 2.74 bits per heavy atom. The fraction of sp³-hybridized carbons (Fsp3) is 0.455. The molecule has 16 heteroatoms. The van der Waals surface area contributed by atoms with Gasteiger partial charge in [0, 0.05) is 7.05 Å². The molecular formula is C22H29FN7O7P. The smallest absolute Gasteiger partial charge is 0.459 e. The largest absolute Gasteiger partial charge is 0.462 e. The van der Waals surface area contributed by atoms with Crippen molar-refractivity contribution >= 4 is 36.6 Å². The molecule has 1 aliphatic rings. The quantitative estimate of drug-likeness (QED) is 0.199. The number of aliphatic hydroxyl groups is 1. The first kappa shape index (κ1) is 27.7. The topological polar surface area (TPSA) is 185 Å².